The van der Waals surface area contributed by atoms with Gasteiger partial charge in [-0.3, -0.25) is 0 Å². The van der Waals surface area contributed by atoms with Gasteiger partial charge >= 0.3 is 0 Å². The Labute approximate surface area is 307 Å². The lowest BCUT2D eigenvalue weighted by atomic mass is 10.0. The zero-order valence-corrected chi connectivity index (χ0v) is 30.3. The number of aromatic nitrogens is 3. The highest BCUT2D eigenvalue weighted by Gasteiger charge is 2.42. The average Bonchev–Trinajstić information content (AvgIpc) is 3.83. The van der Waals surface area contributed by atoms with E-state index >= 15 is 0 Å². The summed E-state index contributed by atoms with van der Waals surface area (Å²) < 4.78 is 9.01. The van der Waals surface area contributed by atoms with Crippen LogP contribution in [-0.2, 0) is 0 Å². The van der Waals surface area contributed by atoms with Gasteiger partial charge in [0, 0.05) is 38.4 Å². The van der Waals surface area contributed by atoms with Crippen LogP contribution in [0.15, 0.2) is 168 Å². The lowest BCUT2D eigenvalue weighted by molar-refractivity contribution is 0.670. The number of benzene rings is 7. The molecule has 0 unspecified atom stereocenters. The Morgan fingerprint density at radius 1 is 0.491 bits per heavy atom. The Kier molecular flexibility index (Phi) is 6.37. The van der Waals surface area contributed by atoms with Gasteiger partial charge in [-0.25, -0.2) is 9.97 Å². The van der Waals surface area contributed by atoms with Gasteiger partial charge in [-0.15, -0.1) is 0 Å². The van der Waals surface area contributed by atoms with E-state index in [0.29, 0.717) is 0 Å². The maximum Gasteiger partial charge on any atom is 0.160 e. The normalized spacial score (nSPS) is 13.2. The Morgan fingerprint density at radius 3 is 1.89 bits per heavy atom. The van der Waals surface area contributed by atoms with Crippen LogP contribution in [0.1, 0.15) is 0 Å². The highest BCUT2D eigenvalue weighted by atomic mass is 28.3. The molecule has 1 aliphatic rings. The molecule has 0 radical (unpaired) electrons. The van der Waals surface area contributed by atoms with Crippen LogP contribution in [0.3, 0.4) is 0 Å². The lowest BCUT2D eigenvalue weighted by Gasteiger charge is -2.21. The minimum Gasteiger partial charge on any atom is -0.455 e. The van der Waals surface area contributed by atoms with Gasteiger partial charge in [-0.2, -0.15) is 0 Å². The third-order valence-electron chi connectivity index (χ3n) is 11.2. The van der Waals surface area contributed by atoms with E-state index in [1.165, 1.54) is 37.8 Å². The van der Waals surface area contributed by atoms with E-state index in [4.69, 9.17) is 14.4 Å². The van der Waals surface area contributed by atoms with Crippen LogP contribution >= 0.6 is 0 Å². The first-order valence-electron chi connectivity index (χ1n) is 18.2. The molecule has 0 saturated heterocycles. The van der Waals surface area contributed by atoms with Crippen LogP contribution in [0.5, 0.6) is 0 Å². The molecule has 0 saturated carbocycles. The summed E-state index contributed by atoms with van der Waals surface area (Å²) in [5, 5.41) is 7.24. The molecule has 11 rings (SSSR count). The summed E-state index contributed by atoms with van der Waals surface area (Å²) in [7, 11) is -2.18. The van der Waals surface area contributed by atoms with Crippen molar-refractivity contribution >= 4 is 62.2 Å². The van der Waals surface area contributed by atoms with E-state index in [1.807, 2.05) is 12.1 Å². The van der Waals surface area contributed by atoms with E-state index in [2.05, 4.69) is 169 Å². The maximum atomic E-state index is 6.64. The van der Waals surface area contributed by atoms with Crippen molar-refractivity contribution < 1.29 is 4.42 Å². The van der Waals surface area contributed by atoms with Crippen molar-refractivity contribution in [2.75, 3.05) is 0 Å². The van der Waals surface area contributed by atoms with E-state index in [0.717, 1.165) is 67.0 Å². The predicted molar refractivity (Wildman–Crippen MR) is 222 cm³/mol. The van der Waals surface area contributed by atoms with Gasteiger partial charge in [0.25, 0.3) is 0 Å². The standard InChI is InChI=1S/C48H33N3OSi/c1-53(2)43-23-12-10-19-36(43)44-47(53)45(37-21-13-20-35-34-18-9-11-22-42(34)52-46(35)37)50-48(49-44)32-25-27-41-39(29-32)38-28-31(30-14-5-3-6-15-30)24-26-40(38)51(41)33-16-7-4-8-17-33/h3-29H,1-2H3. The van der Waals surface area contributed by atoms with Crippen LogP contribution in [-0.4, -0.2) is 22.6 Å². The second kappa shape index (κ2) is 11.2. The van der Waals surface area contributed by atoms with Crippen molar-refractivity contribution in [3.05, 3.63) is 164 Å². The molecule has 7 aromatic carbocycles. The van der Waals surface area contributed by atoms with Gasteiger partial charge in [-0.1, -0.05) is 122 Å². The molecule has 0 N–H and O–H groups in total. The molecule has 53 heavy (non-hydrogen) atoms. The molecule has 5 heteroatoms. The molecule has 3 aromatic heterocycles. The number of hydrogen-bond donors (Lipinski definition) is 0. The van der Waals surface area contributed by atoms with Crippen LogP contribution in [0.25, 0.3) is 94.5 Å². The fourth-order valence-corrected chi connectivity index (χ4v) is 11.9. The third kappa shape index (κ3) is 4.41. The van der Waals surface area contributed by atoms with E-state index < -0.39 is 8.07 Å². The Bertz CT molecular complexity index is 3090. The van der Waals surface area contributed by atoms with Gasteiger partial charge in [0.05, 0.1) is 22.4 Å². The lowest BCUT2D eigenvalue weighted by Crippen LogP contribution is -2.50. The van der Waals surface area contributed by atoms with Crippen LogP contribution in [0.2, 0.25) is 13.1 Å². The molecule has 0 fully saturated rings. The number of rotatable bonds is 4. The molecule has 0 aliphatic carbocycles. The largest absolute Gasteiger partial charge is 0.455 e. The molecular formula is C48H33N3OSi. The van der Waals surface area contributed by atoms with E-state index in [1.54, 1.807) is 0 Å². The van der Waals surface area contributed by atoms with Crippen LogP contribution in [0.4, 0.5) is 0 Å². The van der Waals surface area contributed by atoms with Gasteiger partial charge in [0.15, 0.2) is 5.82 Å². The molecule has 10 aromatic rings. The molecule has 0 amide bonds. The highest BCUT2D eigenvalue weighted by molar-refractivity contribution is 7.04. The first kappa shape index (κ1) is 30.1. The minimum atomic E-state index is -2.18. The molecule has 4 nitrogen and oxygen atoms in total. The Morgan fingerprint density at radius 2 is 1.09 bits per heavy atom. The zero-order chi connectivity index (χ0) is 35.3. The fraction of sp³-hybridized carbons (Fsp3) is 0.0417. The van der Waals surface area contributed by atoms with Gasteiger partial charge in [-0.05, 0) is 81.7 Å². The predicted octanol–water partition coefficient (Wildman–Crippen LogP) is 11.3. The van der Waals surface area contributed by atoms with E-state index in [-0.39, 0.29) is 0 Å². The zero-order valence-electron chi connectivity index (χ0n) is 29.3. The summed E-state index contributed by atoms with van der Waals surface area (Å²) in [6, 6.07) is 58.4. The van der Waals surface area contributed by atoms with Crippen molar-refractivity contribution in [2.24, 2.45) is 0 Å². The van der Waals surface area contributed by atoms with Crippen molar-refractivity contribution in [1.29, 1.82) is 0 Å². The molecular weight excluding hydrogens is 663 g/mol. The fourth-order valence-electron chi connectivity index (χ4n) is 8.70. The van der Waals surface area contributed by atoms with Gasteiger partial charge < -0.3 is 8.98 Å². The number of para-hydroxylation sites is 3. The summed E-state index contributed by atoms with van der Waals surface area (Å²) in [5.74, 6) is 0.718. The molecule has 1 aliphatic heterocycles. The smallest absolute Gasteiger partial charge is 0.160 e. The van der Waals surface area contributed by atoms with Gasteiger partial charge in [0.1, 0.15) is 19.2 Å². The quantitative estimate of drug-likeness (QED) is 0.172. The molecule has 0 spiro atoms. The number of hydrogen-bond acceptors (Lipinski definition) is 3. The third-order valence-corrected chi connectivity index (χ3v) is 14.7. The molecule has 4 heterocycles. The van der Waals surface area contributed by atoms with E-state index in [9.17, 15) is 0 Å². The summed E-state index contributed by atoms with van der Waals surface area (Å²) in [5.41, 5.74) is 12.8. The summed E-state index contributed by atoms with van der Waals surface area (Å²) in [6.45, 7) is 4.86. The second-order valence-corrected chi connectivity index (χ2v) is 18.9. The first-order chi connectivity index (χ1) is 26.0. The second-order valence-electron chi connectivity index (χ2n) is 14.6. The van der Waals surface area contributed by atoms with Crippen molar-refractivity contribution in [1.82, 2.24) is 14.5 Å². The topological polar surface area (TPSA) is 43.9 Å². The van der Waals surface area contributed by atoms with Crippen molar-refractivity contribution in [3.63, 3.8) is 0 Å². The van der Waals surface area contributed by atoms with Crippen LogP contribution < -0.4 is 10.4 Å². The minimum absolute atomic E-state index is 0.718. The number of nitrogens with zero attached hydrogens (tertiary/aromatic N) is 3. The van der Waals surface area contributed by atoms with Crippen LogP contribution in [0, 0.1) is 0 Å². The monoisotopic (exact) mass is 695 g/mol. The van der Waals surface area contributed by atoms with Gasteiger partial charge in [0.2, 0.25) is 0 Å². The molecule has 250 valence electrons. The Hall–Kier alpha value is -6.56. The summed E-state index contributed by atoms with van der Waals surface area (Å²) in [4.78, 5) is 11.0. The molecule has 0 atom stereocenters. The highest BCUT2D eigenvalue weighted by Crippen LogP contribution is 2.41. The number of furan rings is 1. The summed E-state index contributed by atoms with van der Waals surface area (Å²) >= 11 is 0. The first-order valence-corrected chi connectivity index (χ1v) is 21.2. The van der Waals surface area contributed by atoms with Crippen molar-refractivity contribution in [3.8, 4) is 50.7 Å². The SMILES string of the molecule is C[Si]1(C)c2ccccc2-c2nc(-c3ccc4c(c3)c3cc(-c5ccccc5)ccc3n4-c3ccccc3)nc(-c3cccc4c3oc3ccccc34)c21. The van der Waals surface area contributed by atoms with Crippen molar-refractivity contribution in [2.45, 2.75) is 13.1 Å². The number of fused-ring (bicyclic) bond motifs is 9. The average molecular weight is 696 g/mol. The maximum absolute atomic E-state index is 6.64. The summed E-state index contributed by atoms with van der Waals surface area (Å²) in [6.07, 6.45) is 0. The molecule has 0 bridgehead atoms. The Balaban J connectivity index is 1.20.